The topological polar surface area (TPSA) is 83.7 Å². The summed E-state index contributed by atoms with van der Waals surface area (Å²) < 4.78 is 4.64. The Morgan fingerprint density at radius 1 is 0.625 bits per heavy atom. The van der Waals surface area contributed by atoms with Crippen molar-refractivity contribution in [1.82, 2.24) is 19.9 Å². The minimum atomic E-state index is -0.0880. The Morgan fingerprint density at radius 3 is 1.33 bits per heavy atom. The Labute approximate surface area is 316 Å². The monoisotopic (exact) mass is 772 g/mol. The molecule has 48 heavy (non-hydrogen) atoms. The van der Waals surface area contributed by atoms with Gasteiger partial charge in [0, 0.05) is 28.5 Å². The first-order chi connectivity index (χ1) is 22.0. The first kappa shape index (κ1) is 42.6. The fourth-order valence-corrected chi connectivity index (χ4v) is 4.51. The maximum Gasteiger partial charge on any atom is 2.00 e. The van der Waals surface area contributed by atoms with Gasteiger partial charge in [0.25, 0.3) is 0 Å². The molecule has 0 spiro atoms. The van der Waals surface area contributed by atoms with E-state index in [-0.39, 0.29) is 55.6 Å². The number of ether oxygens (including phenoxy) is 1. The number of hydrogen-bond acceptors (Lipinski definition) is 4. The molecule has 0 atom stereocenters. The van der Waals surface area contributed by atoms with Crippen LogP contribution in [0.4, 0.5) is 0 Å². The number of hydrogen-bond donors (Lipinski definition) is 2. The molecule has 2 aromatic carbocycles. The summed E-state index contributed by atoms with van der Waals surface area (Å²) in [7, 11) is 0. The van der Waals surface area contributed by atoms with Crippen LogP contribution in [0, 0.1) is 0 Å². The van der Waals surface area contributed by atoms with E-state index in [1.54, 1.807) is 0 Å². The van der Waals surface area contributed by atoms with Gasteiger partial charge in [-0.1, -0.05) is 55.5 Å². The van der Waals surface area contributed by atoms with Crippen molar-refractivity contribution < 1.29 is 53.8 Å². The van der Waals surface area contributed by atoms with Crippen molar-refractivity contribution >= 4 is 86.3 Å². The van der Waals surface area contributed by atoms with E-state index in [2.05, 4.69) is 104 Å². The molecule has 0 amide bonds. The molecule has 246 valence electrons. The van der Waals surface area contributed by atoms with Gasteiger partial charge in [-0.2, -0.15) is 0 Å². The molecule has 0 saturated heterocycles. The van der Waals surface area contributed by atoms with Crippen LogP contribution in [0.25, 0.3) is 57.1 Å². The fraction of sp³-hybridized carbons (Fsp3) is 0.162. The number of rotatable bonds is 3. The van der Waals surface area contributed by atoms with Crippen LogP contribution in [-0.4, -0.2) is 37.9 Å². The molecule has 3 aromatic heterocycles. The number of carbonyl (C=O) groups is 1. The minimum Gasteiger partial charge on any atom is -1.00 e. The van der Waals surface area contributed by atoms with Crippen molar-refractivity contribution in [1.29, 1.82) is 0 Å². The molecule has 0 fully saturated rings. The number of nitrogens with one attached hydrogen (secondary N) is 2. The molecule has 8 bridgehead atoms. The largest absolute Gasteiger partial charge is 2.00 e. The van der Waals surface area contributed by atoms with Gasteiger partial charge in [0.15, 0.2) is 0 Å². The third-order valence-electron chi connectivity index (χ3n) is 6.46. The molecule has 6 nitrogen and oxygen atoms in total. The molecule has 5 aromatic rings. The van der Waals surface area contributed by atoms with Gasteiger partial charge in [-0.05, 0) is 97.0 Å². The molecule has 2 aliphatic rings. The van der Waals surface area contributed by atoms with Crippen LogP contribution in [-0.2, 0) is 29.0 Å². The average Bonchev–Trinajstić information content (AvgIpc) is 3.86. The van der Waals surface area contributed by atoms with Crippen molar-refractivity contribution in [2.75, 3.05) is 11.9 Å². The number of carbonyl (C=O) groups excluding carboxylic acids is 1. The van der Waals surface area contributed by atoms with Crippen molar-refractivity contribution in [3.63, 3.8) is 0 Å². The molecule has 0 radical (unpaired) electrons. The second-order valence-corrected chi connectivity index (χ2v) is 10.7. The van der Waals surface area contributed by atoms with E-state index in [1.165, 1.54) is 10.8 Å². The summed E-state index contributed by atoms with van der Waals surface area (Å²) in [5.74, 6) is -0.0880. The van der Waals surface area contributed by atoms with E-state index in [1.807, 2.05) is 56.4 Å². The Morgan fingerprint density at radius 2 is 0.979 bits per heavy atom. The van der Waals surface area contributed by atoms with Crippen LogP contribution in [0.2, 0.25) is 0 Å². The van der Waals surface area contributed by atoms with Crippen molar-refractivity contribution in [3.05, 3.63) is 120 Å². The number of halogens is 4. The number of aromatic amines is 2. The zero-order valence-electron chi connectivity index (χ0n) is 26.8. The molecule has 11 heteroatoms. The Balaban J connectivity index is 0.000000402. The second kappa shape index (κ2) is 23.0. The van der Waals surface area contributed by atoms with Gasteiger partial charge in [0.05, 0.1) is 34.7 Å². The average molecular weight is 776 g/mol. The van der Waals surface area contributed by atoms with Crippen molar-refractivity contribution in [2.24, 2.45) is 0 Å². The summed E-state index contributed by atoms with van der Waals surface area (Å²) in [6.07, 6.45) is 9.47. The maximum atomic E-state index is 10.4. The smallest absolute Gasteiger partial charge is 1.00 e. The number of aromatic nitrogens is 4. The molecular formula is C37H36Cl4N4O2Zn. The quantitative estimate of drug-likeness (QED) is 0.160. The molecule has 2 aliphatic heterocycles. The predicted molar refractivity (Wildman–Crippen MR) is 191 cm³/mol. The van der Waals surface area contributed by atoms with E-state index >= 15 is 0 Å². The summed E-state index contributed by atoms with van der Waals surface area (Å²) in [5, 5.41) is 2.81. The summed E-state index contributed by atoms with van der Waals surface area (Å²) in [4.78, 5) is 26.4. The van der Waals surface area contributed by atoms with Gasteiger partial charge >= 0.3 is 25.4 Å². The van der Waals surface area contributed by atoms with Crippen LogP contribution in [0.3, 0.4) is 0 Å². The third-order valence-corrected chi connectivity index (χ3v) is 6.46. The van der Waals surface area contributed by atoms with Crippen molar-refractivity contribution in [3.8, 4) is 0 Å². The van der Waals surface area contributed by atoms with E-state index in [0.717, 1.165) is 51.3 Å². The summed E-state index contributed by atoms with van der Waals surface area (Å²) in [5.41, 5.74) is 7.86. The third kappa shape index (κ3) is 14.0. The number of fused-ring (bicyclic) bond motifs is 9. The summed E-state index contributed by atoms with van der Waals surface area (Å²) in [6.45, 7) is 4.27. The van der Waals surface area contributed by atoms with Crippen LogP contribution in [0.5, 0.6) is 0 Å². The Kier molecular flexibility index (Phi) is 20.4. The first-order valence-corrected chi connectivity index (χ1v) is 15.8. The molecular weight excluding hydrogens is 740 g/mol. The number of nitrogens with zero attached hydrogens (tertiary/aromatic N) is 2. The zero-order valence-corrected chi connectivity index (χ0v) is 32.8. The standard InChI is InChI=1S/C20H14N4.C10H8.C6H12O2.CH2Cl2.2ClH.Zn/c1-2-14-10-16-5-6-18(23-16)12-20-8-7-19(24-20)11-17-4-3-15(22-17)9-13(1)21-14;1-2-6-10-8-4-3-7-9(10)5-1;1-3-5-6(7)8-4-2;2-1-3;;;/h1-12,21-22H;1-8H;3-5H2,1-2H3;1H2;2*1H;/q;;;;;;+2/p-2. The van der Waals surface area contributed by atoms with Crippen LogP contribution in [0.15, 0.2) is 97.1 Å². The molecule has 7 rings (SSSR count). The van der Waals surface area contributed by atoms with E-state index < -0.39 is 0 Å². The van der Waals surface area contributed by atoms with Gasteiger partial charge in [0.2, 0.25) is 0 Å². The summed E-state index contributed by atoms with van der Waals surface area (Å²) >= 11 is 9.53. The predicted octanol–water partition coefficient (Wildman–Crippen LogP) is 4.27. The Bertz CT molecular complexity index is 1780. The van der Waals surface area contributed by atoms with Crippen LogP contribution in [0.1, 0.15) is 49.5 Å². The van der Waals surface area contributed by atoms with E-state index in [4.69, 9.17) is 23.2 Å². The van der Waals surface area contributed by atoms with Crippen LogP contribution >= 0.6 is 23.2 Å². The molecule has 2 N–H and O–H groups in total. The number of alkyl halides is 2. The normalized spacial score (nSPS) is 10.2. The molecule has 0 saturated carbocycles. The van der Waals surface area contributed by atoms with Gasteiger partial charge in [0.1, 0.15) is 0 Å². The van der Waals surface area contributed by atoms with E-state index in [9.17, 15) is 4.79 Å². The van der Waals surface area contributed by atoms with Gasteiger partial charge in [-0.3, -0.25) is 4.79 Å². The minimum absolute atomic E-state index is 0. The summed E-state index contributed by atoms with van der Waals surface area (Å²) in [6, 6.07) is 33.1. The molecule has 5 heterocycles. The molecule has 0 aliphatic carbocycles. The van der Waals surface area contributed by atoms with Gasteiger partial charge in [-0.15, -0.1) is 23.2 Å². The first-order valence-electron chi connectivity index (χ1n) is 14.8. The second-order valence-electron chi connectivity index (χ2n) is 9.91. The maximum absolute atomic E-state index is 10.4. The number of H-pyrrole nitrogens is 2. The molecule has 0 unspecified atom stereocenters. The number of benzene rings is 2. The van der Waals surface area contributed by atoms with E-state index in [0.29, 0.717) is 13.0 Å². The van der Waals surface area contributed by atoms with Gasteiger partial charge < -0.3 is 39.5 Å². The fourth-order valence-electron chi connectivity index (χ4n) is 4.51. The van der Waals surface area contributed by atoms with Crippen LogP contribution < -0.4 is 24.8 Å². The SMILES string of the molecule is C1=Cc2cc3ccc(cc4ccc(cc5nc(cc1n2)C=C5)[nH]4)[nH]3.CCCC(=O)OCC.ClCCl.[Cl-].[Cl-].[Zn+2].c1ccc2ccccc2c1. The van der Waals surface area contributed by atoms with Gasteiger partial charge in [-0.25, -0.2) is 9.97 Å². The number of esters is 1. The Hall–Kier alpha value is -3.45. The zero-order chi connectivity index (χ0) is 31.9. The van der Waals surface area contributed by atoms with Crippen molar-refractivity contribution in [2.45, 2.75) is 26.7 Å².